The maximum absolute atomic E-state index is 14.3. The van der Waals surface area contributed by atoms with Crippen molar-refractivity contribution < 1.29 is 13.9 Å². The van der Waals surface area contributed by atoms with Crippen LogP contribution in [0.25, 0.3) is 5.82 Å². The van der Waals surface area contributed by atoms with Crippen molar-refractivity contribution in [1.29, 1.82) is 0 Å². The lowest BCUT2D eigenvalue weighted by atomic mass is 9.92. The zero-order chi connectivity index (χ0) is 25.9. The first kappa shape index (κ1) is 24.7. The maximum atomic E-state index is 14.3. The molecule has 0 fully saturated rings. The Bertz CT molecular complexity index is 1360. The number of halogens is 1. The lowest BCUT2D eigenvalue weighted by Gasteiger charge is -2.14. The summed E-state index contributed by atoms with van der Waals surface area (Å²) in [6.07, 6.45) is 4.43. The minimum atomic E-state index is -0.522. The molecule has 0 radical (unpaired) electrons. The van der Waals surface area contributed by atoms with Gasteiger partial charge in [0.25, 0.3) is 0 Å². The van der Waals surface area contributed by atoms with Crippen molar-refractivity contribution in [2.45, 2.75) is 46.6 Å². The number of rotatable bonds is 6. The van der Waals surface area contributed by atoms with E-state index < -0.39 is 11.8 Å². The van der Waals surface area contributed by atoms with Crippen LogP contribution < -0.4 is 15.4 Å². The summed E-state index contributed by atoms with van der Waals surface area (Å²) in [5.74, 6) is 1.37. The number of carbonyl (C=O) groups is 1. The fraction of sp³-hybridized carbons (Fsp3) is 0.280. The van der Waals surface area contributed by atoms with Gasteiger partial charge in [-0.15, -0.1) is 0 Å². The summed E-state index contributed by atoms with van der Waals surface area (Å²) in [5, 5.41) is 10.2. The second-order valence-electron chi connectivity index (χ2n) is 9.21. The summed E-state index contributed by atoms with van der Waals surface area (Å²) in [6.45, 7) is 9.68. The predicted molar refractivity (Wildman–Crippen MR) is 133 cm³/mol. The Balaban J connectivity index is 1.54. The fourth-order valence-corrected chi connectivity index (χ4v) is 3.37. The third-order valence-corrected chi connectivity index (χ3v) is 5.11. The van der Waals surface area contributed by atoms with E-state index in [0.717, 1.165) is 11.4 Å². The molecule has 0 unspecified atom stereocenters. The summed E-state index contributed by atoms with van der Waals surface area (Å²) in [5.41, 5.74) is 1.94. The molecule has 1 aromatic carbocycles. The average Bonchev–Trinajstić information content (AvgIpc) is 3.24. The number of carbonyl (C=O) groups excluding carboxylic acids is 1. The Labute approximate surface area is 208 Å². The number of ether oxygens (including phenoxy) is 1. The highest BCUT2D eigenvalue weighted by Crippen LogP contribution is 2.26. The van der Waals surface area contributed by atoms with Gasteiger partial charge in [-0.25, -0.2) is 24.1 Å². The number of aryl methyl sites for hydroxylation is 2. The van der Waals surface area contributed by atoms with Gasteiger partial charge >= 0.3 is 6.03 Å². The molecule has 0 aliphatic rings. The quantitative estimate of drug-likeness (QED) is 0.401. The fourth-order valence-electron chi connectivity index (χ4n) is 3.37. The SMILES string of the molecule is Cc1cc(-n2nc(C(C)(C)C)cc2NC(=O)Nc2ccc(F)c(COc3cnccn3)c2)nc(C)n1. The smallest absolute Gasteiger partial charge is 0.324 e. The molecule has 4 aromatic rings. The van der Waals surface area contributed by atoms with Gasteiger partial charge in [0.05, 0.1) is 11.9 Å². The van der Waals surface area contributed by atoms with Gasteiger partial charge in [0.15, 0.2) is 5.82 Å². The first-order valence-electron chi connectivity index (χ1n) is 11.3. The summed E-state index contributed by atoms with van der Waals surface area (Å²) in [6, 6.07) is 7.30. The van der Waals surface area contributed by atoms with E-state index in [2.05, 4.69) is 35.7 Å². The van der Waals surface area contributed by atoms with Crippen LogP contribution in [0.3, 0.4) is 0 Å². The summed E-state index contributed by atoms with van der Waals surface area (Å²) in [4.78, 5) is 29.6. The van der Waals surface area contributed by atoms with Crippen LogP contribution in [-0.2, 0) is 12.0 Å². The highest BCUT2D eigenvalue weighted by molar-refractivity contribution is 5.99. The second kappa shape index (κ2) is 10.1. The van der Waals surface area contributed by atoms with Crippen molar-refractivity contribution in [3.8, 4) is 11.7 Å². The normalized spacial score (nSPS) is 11.3. The Kier molecular flexibility index (Phi) is 6.91. The monoisotopic (exact) mass is 490 g/mol. The van der Waals surface area contributed by atoms with Crippen LogP contribution in [0.5, 0.6) is 5.88 Å². The van der Waals surface area contributed by atoms with Gasteiger partial charge in [0, 0.05) is 46.9 Å². The van der Waals surface area contributed by atoms with Crippen molar-refractivity contribution in [2.24, 2.45) is 0 Å². The van der Waals surface area contributed by atoms with Crippen molar-refractivity contribution in [3.63, 3.8) is 0 Å². The average molecular weight is 491 g/mol. The number of anilines is 2. The number of urea groups is 1. The van der Waals surface area contributed by atoms with E-state index in [1.54, 1.807) is 23.7 Å². The van der Waals surface area contributed by atoms with Crippen LogP contribution in [0.15, 0.2) is 48.9 Å². The van der Waals surface area contributed by atoms with Crippen LogP contribution in [0.1, 0.15) is 43.5 Å². The van der Waals surface area contributed by atoms with Crippen LogP contribution in [0.4, 0.5) is 20.7 Å². The molecule has 186 valence electrons. The van der Waals surface area contributed by atoms with E-state index in [4.69, 9.17) is 4.74 Å². The van der Waals surface area contributed by atoms with Crippen LogP contribution in [-0.4, -0.2) is 35.7 Å². The largest absolute Gasteiger partial charge is 0.472 e. The first-order valence-corrected chi connectivity index (χ1v) is 11.3. The predicted octanol–water partition coefficient (Wildman–Crippen LogP) is 4.73. The molecular weight excluding hydrogens is 463 g/mol. The number of amides is 2. The van der Waals surface area contributed by atoms with E-state index in [1.807, 2.05) is 27.7 Å². The Hall–Kier alpha value is -4.41. The zero-order valence-electron chi connectivity index (χ0n) is 20.7. The summed E-state index contributed by atoms with van der Waals surface area (Å²) < 4.78 is 21.4. The molecule has 0 spiro atoms. The van der Waals surface area contributed by atoms with Gasteiger partial charge in [-0.3, -0.25) is 10.3 Å². The third kappa shape index (κ3) is 5.98. The highest BCUT2D eigenvalue weighted by Gasteiger charge is 2.22. The lowest BCUT2D eigenvalue weighted by Crippen LogP contribution is -2.22. The Morgan fingerprint density at radius 1 is 1.08 bits per heavy atom. The molecule has 3 heterocycles. The molecule has 2 N–H and O–H groups in total. The highest BCUT2D eigenvalue weighted by atomic mass is 19.1. The maximum Gasteiger partial charge on any atom is 0.324 e. The summed E-state index contributed by atoms with van der Waals surface area (Å²) in [7, 11) is 0. The van der Waals surface area contributed by atoms with Crippen molar-refractivity contribution in [3.05, 3.63) is 77.5 Å². The van der Waals surface area contributed by atoms with Gasteiger partial charge < -0.3 is 10.1 Å². The van der Waals surface area contributed by atoms with Gasteiger partial charge in [-0.05, 0) is 32.0 Å². The number of aromatic nitrogens is 6. The van der Waals surface area contributed by atoms with Crippen LogP contribution in [0, 0.1) is 19.7 Å². The van der Waals surface area contributed by atoms with Gasteiger partial charge in [0.2, 0.25) is 5.88 Å². The minimum absolute atomic E-state index is 0.0736. The molecule has 0 atom stereocenters. The molecule has 4 rings (SSSR count). The van der Waals surface area contributed by atoms with Gasteiger partial charge in [-0.2, -0.15) is 9.78 Å². The van der Waals surface area contributed by atoms with Gasteiger partial charge in [-0.1, -0.05) is 20.8 Å². The molecule has 2 amide bonds. The molecule has 36 heavy (non-hydrogen) atoms. The first-order chi connectivity index (χ1) is 17.1. The molecule has 0 bridgehead atoms. The van der Waals surface area contributed by atoms with E-state index in [0.29, 0.717) is 23.1 Å². The number of hydrogen-bond donors (Lipinski definition) is 2. The lowest BCUT2D eigenvalue weighted by molar-refractivity contribution is 0.262. The molecule has 11 heteroatoms. The van der Waals surface area contributed by atoms with Crippen molar-refractivity contribution in [1.82, 2.24) is 29.7 Å². The van der Waals surface area contributed by atoms with Crippen LogP contribution in [0.2, 0.25) is 0 Å². The summed E-state index contributed by atoms with van der Waals surface area (Å²) >= 11 is 0. The van der Waals surface area contributed by atoms with E-state index in [9.17, 15) is 9.18 Å². The molecular formula is C25H27FN8O2. The van der Waals surface area contributed by atoms with E-state index in [1.165, 1.54) is 36.8 Å². The zero-order valence-corrected chi connectivity index (χ0v) is 20.7. The van der Waals surface area contributed by atoms with E-state index >= 15 is 0 Å². The molecule has 0 saturated carbocycles. The Morgan fingerprint density at radius 3 is 2.58 bits per heavy atom. The number of nitrogens with zero attached hydrogens (tertiary/aromatic N) is 6. The molecule has 0 aliphatic heterocycles. The van der Waals surface area contributed by atoms with Gasteiger partial charge in [0.1, 0.15) is 24.1 Å². The minimum Gasteiger partial charge on any atom is -0.472 e. The standard InChI is InChI=1S/C25H27FN8O2/c1-15-10-21(30-16(2)29-15)34-22(12-20(33-34)25(3,4)5)32-24(35)31-18-6-7-19(26)17(11-18)14-36-23-13-27-8-9-28-23/h6-13H,14H2,1-5H3,(H2,31,32,35). The van der Waals surface area contributed by atoms with E-state index in [-0.39, 0.29) is 23.5 Å². The molecule has 0 aliphatic carbocycles. The van der Waals surface area contributed by atoms with Crippen molar-refractivity contribution >= 4 is 17.5 Å². The number of nitrogens with one attached hydrogen (secondary N) is 2. The second-order valence-corrected chi connectivity index (χ2v) is 9.21. The topological polar surface area (TPSA) is 120 Å². The van der Waals surface area contributed by atoms with Crippen molar-refractivity contribution in [2.75, 3.05) is 10.6 Å². The molecule has 10 nitrogen and oxygen atoms in total. The van der Waals surface area contributed by atoms with Crippen LogP contribution >= 0.6 is 0 Å². The molecule has 0 saturated heterocycles. The number of benzene rings is 1. The Morgan fingerprint density at radius 2 is 1.89 bits per heavy atom. The number of hydrogen-bond acceptors (Lipinski definition) is 7. The third-order valence-electron chi connectivity index (χ3n) is 5.11. The molecule has 3 aromatic heterocycles.